The Hall–Kier alpha value is -2.78. The number of carbonyl (C=O) groups excluding carboxylic acids is 1. The van der Waals surface area contributed by atoms with E-state index in [1.165, 1.54) is 0 Å². The fourth-order valence-electron chi connectivity index (χ4n) is 2.20. The Labute approximate surface area is 145 Å². The van der Waals surface area contributed by atoms with Crippen LogP contribution in [-0.4, -0.2) is 22.5 Å². The zero-order valence-corrected chi connectivity index (χ0v) is 14.0. The molecule has 7 heteroatoms. The lowest BCUT2D eigenvalue weighted by atomic mass is 10.1. The highest BCUT2D eigenvalue weighted by Crippen LogP contribution is 2.13. The molecule has 0 atom stereocenters. The molecular formula is C17H18ClN5O. The number of nitrogens with two attached hydrogens (primary N) is 1. The molecule has 4 N–H and O–H groups in total. The van der Waals surface area contributed by atoms with Crippen molar-refractivity contribution in [2.45, 2.75) is 19.8 Å². The first-order valence-corrected chi connectivity index (χ1v) is 7.84. The van der Waals surface area contributed by atoms with Crippen LogP contribution in [0.4, 0.5) is 5.82 Å². The number of aromatic amines is 1. The Bertz CT molecular complexity index is 786. The summed E-state index contributed by atoms with van der Waals surface area (Å²) in [5, 5.41) is 19.4. The summed E-state index contributed by atoms with van der Waals surface area (Å²) in [7, 11) is 0. The van der Waals surface area contributed by atoms with E-state index in [0.29, 0.717) is 29.1 Å². The second-order valence-electron chi connectivity index (χ2n) is 5.30. The SMILES string of the molecule is CC(=CC(=O)c1ccc(Cl)cc1)NCCCc1[nH]nc(N)c1C#N. The lowest BCUT2D eigenvalue weighted by molar-refractivity contribution is 0.104. The first-order valence-electron chi connectivity index (χ1n) is 7.46. The number of anilines is 1. The number of aromatic nitrogens is 2. The van der Waals surface area contributed by atoms with Crippen molar-refractivity contribution >= 4 is 23.2 Å². The lowest BCUT2D eigenvalue weighted by Gasteiger charge is -2.06. The van der Waals surface area contributed by atoms with Gasteiger partial charge in [-0.1, -0.05) is 11.6 Å². The maximum atomic E-state index is 12.1. The van der Waals surface area contributed by atoms with Gasteiger partial charge in [-0.05, 0) is 44.0 Å². The fraction of sp³-hybridized carbons (Fsp3) is 0.235. The van der Waals surface area contributed by atoms with Gasteiger partial charge in [-0.25, -0.2) is 0 Å². The van der Waals surface area contributed by atoms with Gasteiger partial charge >= 0.3 is 0 Å². The standard InChI is InChI=1S/C17H18ClN5O/c1-11(9-16(24)12-4-6-13(18)7-5-12)21-8-2-3-15-14(10-19)17(20)23-22-15/h4-7,9,21H,2-3,8H2,1H3,(H3,20,22,23). The largest absolute Gasteiger partial charge is 0.388 e. The Morgan fingerprint density at radius 3 is 2.83 bits per heavy atom. The summed E-state index contributed by atoms with van der Waals surface area (Å²) in [6, 6.07) is 8.80. The number of rotatable bonds is 7. The zero-order valence-electron chi connectivity index (χ0n) is 13.3. The van der Waals surface area contributed by atoms with E-state index >= 15 is 0 Å². The maximum Gasteiger partial charge on any atom is 0.187 e. The monoisotopic (exact) mass is 343 g/mol. The molecule has 2 aromatic rings. The van der Waals surface area contributed by atoms with Crippen molar-refractivity contribution in [2.24, 2.45) is 0 Å². The third kappa shape index (κ3) is 4.61. The summed E-state index contributed by atoms with van der Waals surface area (Å²) in [6.45, 7) is 2.50. The molecule has 0 saturated carbocycles. The van der Waals surface area contributed by atoms with Crippen molar-refractivity contribution in [3.05, 3.63) is 57.9 Å². The molecule has 0 saturated heterocycles. The van der Waals surface area contributed by atoms with E-state index in [1.807, 2.05) is 13.0 Å². The number of aryl methyl sites for hydroxylation is 1. The number of nitrogen functional groups attached to an aromatic ring is 1. The highest BCUT2D eigenvalue weighted by molar-refractivity contribution is 6.30. The maximum absolute atomic E-state index is 12.1. The molecule has 0 fully saturated rings. The van der Waals surface area contributed by atoms with E-state index in [1.54, 1.807) is 30.3 Å². The van der Waals surface area contributed by atoms with Crippen LogP contribution in [0.3, 0.4) is 0 Å². The van der Waals surface area contributed by atoms with E-state index in [0.717, 1.165) is 17.8 Å². The molecule has 0 spiro atoms. The van der Waals surface area contributed by atoms with Crippen LogP contribution in [0.1, 0.15) is 35.0 Å². The van der Waals surface area contributed by atoms with Gasteiger partial charge in [0, 0.05) is 28.9 Å². The number of halogens is 1. The summed E-state index contributed by atoms with van der Waals surface area (Å²) < 4.78 is 0. The van der Waals surface area contributed by atoms with Crippen molar-refractivity contribution in [2.75, 3.05) is 12.3 Å². The molecule has 1 aromatic heterocycles. The van der Waals surface area contributed by atoms with Gasteiger partial charge in [0.05, 0.1) is 5.69 Å². The number of nitrogens with zero attached hydrogens (tertiary/aromatic N) is 2. The number of hydrogen-bond donors (Lipinski definition) is 3. The molecule has 0 unspecified atom stereocenters. The highest BCUT2D eigenvalue weighted by Gasteiger charge is 2.09. The van der Waals surface area contributed by atoms with E-state index < -0.39 is 0 Å². The topological polar surface area (TPSA) is 108 Å². The smallest absolute Gasteiger partial charge is 0.187 e. The van der Waals surface area contributed by atoms with Crippen LogP contribution in [0.25, 0.3) is 0 Å². The van der Waals surface area contributed by atoms with Crippen LogP contribution in [0.15, 0.2) is 36.0 Å². The Morgan fingerprint density at radius 2 is 2.17 bits per heavy atom. The zero-order chi connectivity index (χ0) is 17.5. The molecule has 1 aromatic carbocycles. The minimum absolute atomic E-state index is 0.0789. The first kappa shape index (κ1) is 17.6. The normalized spacial score (nSPS) is 11.1. The summed E-state index contributed by atoms with van der Waals surface area (Å²) in [6.07, 6.45) is 2.98. The van der Waals surface area contributed by atoms with Crippen LogP contribution < -0.4 is 11.1 Å². The third-order valence-corrected chi connectivity index (χ3v) is 3.72. The number of nitriles is 1. The van der Waals surface area contributed by atoms with Gasteiger partial charge in [-0.2, -0.15) is 10.4 Å². The Morgan fingerprint density at radius 1 is 1.46 bits per heavy atom. The predicted octanol–water partition coefficient (Wildman–Crippen LogP) is 2.83. The molecule has 24 heavy (non-hydrogen) atoms. The molecule has 6 nitrogen and oxygen atoms in total. The van der Waals surface area contributed by atoms with E-state index in [-0.39, 0.29) is 11.6 Å². The van der Waals surface area contributed by atoms with E-state index in [9.17, 15) is 4.79 Å². The second-order valence-corrected chi connectivity index (χ2v) is 5.74. The summed E-state index contributed by atoms with van der Waals surface area (Å²) in [4.78, 5) is 12.1. The fourth-order valence-corrected chi connectivity index (χ4v) is 2.32. The van der Waals surface area contributed by atoms with Gasteiger partial charge in [0.1, 0.15) is 11.6 Å². The van der Waals surface area contributed by atoms with Crippen LogP contribution in [0.5, 0.6) is 0 Å². The number of H-pyrrole nitrogens is 1. The van der Waals surface area contributed by atoms with Gasteiger partial charge in [0.25, 0.3) is 0 Å². The van der Waals surface area contributed by atoms with E-state index in [2.05, 4.69) is 15.5 Å². The number of allylic oxidation sites excluding steroid dienone is 2. The van der Waals surface area contributed by atoms with Crippen LogP contribution in [0, 0.1) is 11.3 Å². The van der Waals surface area contributed by atoms with Gasteiger partial charge in [-0.15, -0.1) is 0 Å². The van der Waals surface area contributed by atoms with Crippen LogP contribution in [0.2, 0.25) is 5.02 Å². The van der Waals surface area contributed by atoms with Crippen molar-refractivity contribution in [3.63, 3.8) is 0 Å². The Kier molecular flexibility index (Phi) is 5.99. The number of nitrogens with one attached hydrogen (secondary N) is 2. The molecule has 0 aliphatic heterocycles. The van der Waals surface area contributed by atoms with Gasteiger partial charge in [-0.3, -0.25) is 9.89 Å². The van der Waals surface area contributed by atoms with Gasteiger partial charge in [0.2, 0.25) is 0 Å². The quantitative estimate of drug-likeness (QED) is 0.407. The van der Waals surface area contributed by atoms with Crippen molar-refractivity contribution < 1.29 is 4.79 Å². The molecule has 1 heterocycles. The van der Waals surface area contributed by atoms with Crippen molar-refractivity contribution in [1.82, 2.24) is 15.5 Å². The predicted molar refractivity (Wildman–Crippen MR) is 93.6 cm³/mol. The number of hydrogen-bond acceptors (Lipinski definition) is 5. The first-order chi connectivity index (χ1) is 11.5. The van der Waals surface area contributed by atoms with Crippen LogP contribution in [-0.2, 0) is 6.42 Å². The molecular weight excluding hydrogens is 326 g/mol. The molecule has 0 radical (unpaired) electrons. The number of carbonyl (C=O) groups is 1. The highest BCUT2D eigenvalue weighted by atomic mass is 35.5. The Balaban J connectivity index is 1.82. The molecule has 124 valence electrons. The number of ketones is 1. The minimum atomic E-state index is -0.0789. The average Bonchev–Trinajstić information content (AvgIpc) is 2.92. The lowest BCUT2D eigenvalue weighted by Crippen LogP contribution is -2.15. The second kappa shape index (κ2) is 8.18. The van der Waals surface area contributed by atoms with Gasteiger partial charge in [0.15, 0.2) is 11.6 Å². The molecule has 0 bridgehead atoms. The van der Waals surface area contributed by atoms with E-state index in [4.69, 9.17) is 22.6 Å². The molecule has 2 rings (SSSR count). The van der Waals surface area contributed by atoms with Crippen molar-refractivity contribution in [1.29, 1.82) is 5.26 Å². The van der Waals surface area contributed by atoms with Crippen molar-refractivity contribution in [3.8, 4) is 6.07 Å². The molecule has 0 aliphatic rings. The van der Waals surface area contributed by atoms with Gasteiger partial charge < -0.3 is 11.1 Å². The average molecular weight is 344 g/mol. The van der Waals surface area contributed by atoms with Crippen LogP contribution >= 0.6 is 11.6 Å². The summed E-state index contributed by atoms with van der Waals surface area (Å²) in [5.41, 5.74) is 8.09. The number of benzene rings is 1. The third-order valence-electron chi connectivity index (χ3n) is 3.46. The molecule has 0 amide bonds. The minimum Gasteiger partial charge on any atom is -0.388 e. The molecule has 0 aliphatic carbocycles. The summed E-state index contributed by atoms with van der Waals surface area (Å²) in [5.74, 6) is 0.148. The summed E-state index contributed by atoms with van der Waals surface area (Å²) >= 11 is 5.81.